The SMILES string of the molecule is CCCS(=O)(=O)Nc1cccc(-c2nc(N3CCOCC3)sc2-c2ccnc(NCC(C)C)n2)c1Cl. The zero-order valence-electron chi connectivity index (χ0n) is 20.6. The minimum absolute atomic E-state index is 0.0176. The van der Waals surface area contributed by atoms with Crippen LogP contribution in [0.1, 0.15) is 27.2 Å². The van der Waals surface area contributed by atoms with Crippen LogP contribution in [0.15, 0.2) is 30.5 Å². The van der Waals surface area contributed by atoms with Crippen LogP contribution in [0.3, 0.4) is 0 Å². The molecule has 1 aliphatic rings. The third-order valence-electron chi connectivity index (χ3n) is 5.45. The molecule has 0 amide bonds. The van der Waals surface area contributed by atoms with Gasteiger partial charge >= 0.3 is 0 Å². The molecule has 0 radical (unpaired) electrons. The Labute approximate surface area is 221 Å². The molecule has 3 aromatic rings. The van der Waals surface area contributed by atoms with E-state index in [4.69, 9.17) is 26.3 Å². The molecule has 0 unspecified atom stereocenters. The van der Waals surface area contributed by atoms with E-state index in [1.807, 2.05) is 19.1 Å². The number of nitrogens with zero attached hydrogens (tertiary/aromatic N) is 4. The quantitative estimate of drug-likeness (QED) is 0.364. The maximum absolute atomic E-state index is 12.4. The molecule has 12 heteroatoms. The van der Waals surface area contributed by atoms with E-state index in [1.54, 1.807) is 18.3 Å². The molecule has 4 rings (SSSR count). The van der Waals surface area contributed by atoms with Crippen LogP contribution in [0.5, 0.6) is 0 Å². The Morgan fingerprint density at radius 1 is 1.19 bits per heavy atom. The van der Waals surface area contributed by atoms with Crippen molar-refractivity contribution in [2.75, 3.05) is 53.5 Å². The van der Waals surface area contributed by atoms with Crippen molar-refractivity contribution in [1.82, 2.24) is 15.0 Å². The molecular formula is C24H31ClN6O3S2. The molecule has 1 aromatic carbocycles. The van der Waals surface area contributed by atoms with Gasteiger partial charge in [0.1, 0.15) is 0 Å². The maximum atomic E-state index is 12.4. The van der Waals surface area contributed by atoms with E-state index >= 15 is 0 Å². The van der Waals surface area contributed by atoms with Crippen LogP contribution in [0.2, 0.25) is 5.02 Å². The molecule has 1 aliphatic heterocycles. The van der Waals surface area contributed by atoms with E-state index in [1.165, 1.54) is 11.3 Å². The monoisotopic (exact) mass is 550 g/mol. The molecule has 2 N–H and O–H groups in total. The first kappa shape index (κ1) is 26.6. The molecular weight excluding hydrogens is 520 g/mol. The van der Waals surface area contributed by atoms with Crippen molar-refractivity contribution in [3.8, 4) is 21.8 Å². The lowest BCUT2D eigenvalue weighted by Crippen LogP contribution is -2.36. The highest BCUT2D eigenvalue weighted by Gasteiger charge is 2.24. The largest absolute Gasteiger partial charge is 0.378 e. The van der Waals surface area contributed by atoms with Gasteiger partial charge in [-0.15, -0.1) is 0 Å². The second kappa shape index (κ2) is 11.7. The van der Waals surface area contributed by atoms with Crippen molar-refractivity contribution in [3.05, 3.63) is 35.5 Å². The summed E-state index contributed by atoms with van der Waals surface area (Å²) >= 11 is 8.31. The van der Waals surface area contributed by atoms with Crippen molar-refractivity contribution in [2.24, 2.45) is 5.92 Å². The van der Waals surface area contributed by atoms with Crippen LogP contribution in [0.4, 0.5) is 16.8 Å². The fourth-order valence-corrected chi connectivity index (χ4v) is 6.27. The first-order chi connectivity index (χ1) is 17.3. The molecule has 0 spiro atoms. The van der Waals surface area contributed by atoms with Gasteiger partial charge in [-0.05, 0) is 24.5 Å². The van der Waals surface area contributed by atoms with Crippen LogP contribution in [-0.2, 0) is 14.8 Å². The predicted octanol–water partition coefficient (Wildman–Crippen LogP) is 4.98. The first-order valence-electron chi connectivity index (χ1n) is 12.0. The van der Waals surface area contributed by atoms with Gasteiger partial charge < -0.3 is 15.0 Å². The molecule has 1 saturated heterocycles. The van der Waals surface area contributed by atoms with Crippen LogP contribution >= 0.6 is 22.9 Å². The number of hydrogen-bond donors (Lipinski definition) is 2. The van der Waals surface area contributed by atoms with Crippen molar-refractivity contribution < 1.29 is 13.2 Å². The molecule has 2 aromatic heterocycles. The van der Waals surface area contributed by atoms with E-state index in [0.29, 0.717) is 53.5 Å². The van der Waals surface area contributed by atoms with Gasteiger partial charge in [0, 0.05) is 31.4 Å². The van der Waals surface area contributed by atoms with Crippen molar-refractivity contribution >= 4 is 49.7 Å². The van der Waals surface area contributed by atoms with E-state index in [9.17, 15) is 8.42 Å². The number of anilines is 3. The number of rotatable bonds is 10. The number of morpholine rings is 1. The second-order valence-corrected chi connectivity index (χ2v) is 12.1. The van der Waals surface area contributed by atoms with Gasteiger partial charge in [-0.25, -0.2) is 23.4 Å². The van der Waals surface area contributed by atoms with E-state index < -0.39 is 10.0 Å². The smallest absolute Gasteiger partial charge is 0.232 e. The number of benzene rings is 1. The van der Waals surface area contributed by atoms with Crippen molar-refractivity contribution in [2.45, 2.75) is 27.2 Å². The van der Waals surface area contributed by atoms with E-state index in [0.717, 1.165) is 35.3 Å². The van der Waals surface area contributed by atoms with E-state index in [-0.39, 0.29) is 5.75 Å². The average molecular weight is 551 g/mol. The maximum Gasteiger partial charge on any atom is 0.232 e. The zero-order chi connectivity index (χ0) is 25.7. The van der Waals surface area contributed by atoms with Gasteiger partial charge in [0.05, 0.1) is 45.9 Å². The van der Waals surface area contributed by atoms with Gasteiger partial charge in [0.25, 0.3) is 0 Å². The highest BCUT2D eigenvalue weighted by atomic mass is 35.5. The highest BCUT2D eigenvalue weighted by Crippen LogP contribution is 2.44. The zero-order valence-corrected chi connectivity index (χ0v) is 23.0. The summed E-state index contributed by atoms with van der Waals surface area (Å²) in [6.45, 7) is 9.56. The van der Waals surface area contributed by atoms with Crippen LogP contribution in [0.25, 0.3) is 21.8 Å². The summed E-state index contributed by atoms with van der Waals surface area (Å²) in [5.74, 6) is 1.01. The highest BCUT2D eigenvalue weighted by molar-refractivity contribution is 7.92. The summed E-state index contributed by atoms with van der Waals surface area (Å²) in [5, 5.41) is 4.41. The third-order valence-corrected chi connectivity index (χ3v) is 8.47. The number of halogens is 1. The lowest BCUT2D eigenvalue weighted by molar-refractivity contribution is 0.122. The average Bonchev–Trinajstić information content (AvgIpc) is 3.30. The molecule has 194 valence electrons. The molecule has 3 heterocycles. The standard InChI is InChI=1S/C24H31ClN6O3S2/c1-4-14-36(32,33)30-18-7-5-6-17(20(18)25)21-22(35-24(29-21)31-10-12-34-13-11-31)19-8-9-26-23(28-19)27-15-16(2)3/h5-9,16,30H,4,10-15H2,1-3H3,(H,26,27,28). The van der Waals surface area contributed by atoms with Gasteiger partial charge in [-0.2, -0.15) is 0 Å². The normalized spacial score (nSPS) is 14.3. The predicted molar refractivity (Wildman–Crippen MR) is 148 cm³/mol. The number of nitrogens with one attached hydrogen (secondary N) is 2. The first-order valence-corrected chi connectivity index (χ1v) is 14.8. The number of aromatic nitrogens is 3. The van der Waals surface area contributed by atoms with Gasteiger partial charge in [0.2, 0.25) is 16.0 Å². The fraction of sp³-hybridized carbons (Fsp3) is 0.458. The molecule has 0 atom stereocenters. The molecule has 1 fully saturated rings. The Morgan fingerprint density at radius 3 is 2.69 bits per heavy atom. The third kappa shape index (κ3) is 6.44. The molecule has 36 heavy (non-hydrogen) atoms. The van der Waals surface area contributed by atoms with Gasteiger partial charge in [-0.1, -0.05) is 55.8 Å². The Morgan fingerprint density at radius 2 is 1.97 bits per heavy atom. The summed E-state index contributed by atoms with van der Waals surface area (Å²) in [7, 11) is -3.50. The van der Waals surface area contributed by atoms with Crippen molar-refractivity contribution in [1.29, 1.82) is 0 Å². The minimum Gasteiger partial charge on any atom is -0.378 e. The number of thiazole rings is 1. The summed E-state index contributed by atoms with van der Waals surface area (Å²) in [6.07, 6.45) is 2.23. The Balaban J connectivity index is 1.78. The topological polar surface area (TPSA) is 109 Å². The Bertz CT molecular complexity index is 1290. The number of hydrogen-bond acceptors (Lipinski definition) is 9. The van der Waals surface area contributed by atoms with Gasteiger partial charge in [0.15, 0.2) is 5.13 Å². The summed E-state index contributed by atoms with van der Waals surface area (Å²) in [5.41, 5.74) is 2.33. The minimum atomic E-state index is -3.50. The van der Waals surface area contributed by atoms with Crippen LogP contribution in [-0.4, -0.2) is 62.0 Å². The van der Waals surface area contributed by atoms with Gasteiger partial charge in [-0.3, -0.25) is 4.72 Å². The van der Waals surface area contributed by atoms with Crippen molar-refractivity contribution in [3.63, 3.8) is 0 Å². The number of sulfonamides is 1. The lowest BCUT2D eigenvalue weighted by Gasteiger charge is -2.26. The van der Waals surface area contributed by atoms with E-state index in [2.05, 4.69) is 33.8 Å². The summed E-state index contributed by atoms with van der Waals surface area (Å²) < 4.78 is 33.0. The van der Waals surface area contributed by atoms with Crippen LogP contribution in [0, 0.1) is 5.92 Å². The molecule has 0 saturated carbocycles. The lowest BCUT2D eigenvalue weighted by atomic mass is 10.1. The van der Waals surface area contributed by atoms with Crippen LogP contribution < -0.4 is 14.9 Å². The second-order valence-electron chi connectivity index (χ2n) is 8.90. The Kier molecular flexibility index (Phi) is 8.66. The molecule has 9 nitrogen and oxygen atoms in total. The molecule has 0 aliphatic carbocycles. The Hall–Kier alpha value is -2.47. The summed E-state index contributed by atoms with van der Waals surface area (Å²) in [6, 6.07) is 7.13. The molecule has 0 bridgehead atoms. The fourth-order valence-electron chi connectivity index (χ4n) is 3.70. The summed E-state index contributed by atoms with van der Waals surface area (Å²) in [4.78, 5) is 17.1. The number of ether oxygens (including phenoxy) is 1.